The molecule has 1 saturated heterocycles. The highest BCUT2D eigenvalue weighted by atomic mass is 32.2. The Balaban J connectivity index is 1.71. The predicted octanol–water partition coefficient (Wildman–Crippen LogP) is 4.10. The number of pyridine rings is 1. The number of aliphatic hydroxyl groups is 1. The van der Waals surface area contributed by atoms with Crippen LogP contribution in [0.3, 0.4) is 0 Å². The van der Waals surface area contributed by atoms with Gasteiger partial charge in [0.05, 0.1) is 35.8 Å². The number of aromatic nitrogens is 1. The zero-order valence-corrected chi connectivity index (χ0v) is 19.1. The summed E-state index contributed by atoms with van der Waals surface area (Å²) < 4.78 is 5.50. The van der Waals surface area contributed by atoms with Gasteiger partial charge in [0.2, 0.25) is 0 Å². The number of aldehydes is 1. The number of thioether (sulfide) groups is 1. The van der Waals surface area contributed by atoms with Crippen molar-refractivity contribution in [1.82, 2.24) is 9.88 Å². The number of rotatable bonds is 7. The molecule has 166 valence electrons. The van der Waals surface area contributed by atoms with E-state index in [1.807, 2.05) is 54.7 Å². The first-order chi connectivity index (χ1) is 15.6. The summed E-state index contributed by atoms with van der Waals surface area (Å²) in [6.07, 6.45) is 7.22. The van der Waals surface area contributed by atoms with Gasteiger partial charge in [-0.3, -0.25) is 4.79 Å². The summed E-state index contributed by atoms with van der Waals surface area (Å²) in [5, 5.41) is 13.2. The second kappa shape index (κ2) is 10.3. The van der Waals surface area contributed by atoms with Crippen molar-refractivity contribution in [3.63, 3.8) is 0 Å². The molecule has 32 heavy (non-hydrogen) atoms. The molecule has 0 radical (unpaired) electrons. The van der Waals surface area contributed by atoms with Crippen molar-refractivity contribution in [3.8, 4) is 0 Å². The van der Waals surface area contributed by atoms with Gasteiger partial charge >= 0.3 is 0 Å². The van der Waals surface area contributed by atoms with Crippen molar-refractivity contribution in [2.45, 2.75) is 30.0 Å². The maximum Gasteiger partial charge on any atom is 0.152 e. The van der Waals surface area contributed by atoms with Crippen molar-refractivity contribution in [1.29, 1.82) is 0 Å². The molecule has 1 aliphatic rings. The van der Waals surface area contributed by atoms with Crippen molar-refractivity contribution < 1.29 is 14.6 Å². The highest BCUT2D eigenvalue weighted by Gasteiger charge is 2.26. The molecule has 1 aromatic heterocycles. The molecule has 3 aromatic rings. The molecule has 0 saturated carbocycles. The largest absolute Gasteiger partial charge is 0.391 e. The van der Waals surface area contributed by atoms with E-state index in [9.17, 15) is 9.90 Å². The SMILES string of the molecule is CSc1cc(Cc2cc(C=O)c(N=CN(C)[C@H]3COCC[C@@H]3O)c3ccccc23)ccn1. The second-order valence-corrected chi connectivity index (χ2v) is 8.76. The Morgan fingerprint density at radius 3 is 2.84 bits per heavy atom. The van der Waals surface area contributed by atoms with Crippen LogP contribution in [0.15, 0.2) is 58.7 Å². The van der Waals surface area contributed by atoms with Gasteiger partial charge in [0.25, 0.3) is 0 Å². The Morgan fingerprint density at radius 2 is 2.09 bits per heavy atom. The highest BCUT2D eigenvalue weighted by molar-refractivity contribution is 7.98. The number of aliphatic imine (C=N–C) groups is 1. The summed E-state index contributed by atoms with van der Waals surface area (Å²) in [4.78, 5) is 22.9. The third-order valence-corrected chi connectivity index (χ3v) is 6.49. The summed E-state index contributed by atoms with van der Waals surface area (Å²) in [5.74, 6) is 0. The number of ether oxygens (including phenoxy) is 1. The Morgan fingerprint density at radius 1 is 1.28 bits per heavy atom. The average molecular weight is 450 g/mol. The molecule has 0 unspecified atom stereocenters. The van der Waals surface area contributed by atoms with Crippen LogP contribution < -0.4 is 0 Å². The molecule has 1 fully saturated rings. The zero-order valence-electron chi connectivity index (χ0n) is 18.3. The third-order valence-electron chi connectivity index (χ3n) is 5.84. The number of likely N-dealkylation sites (N-methyl/N-ethyl adjacent to an activating group) is 1. The quantitative estimate of drug-likeness (QED) is 0.253. The van der Waals surface area contributed by atoms with Crippen LogP contribution in [0.1, 0.15) is 27.9 Å². The van der Waals surface area contributed by atoms with Gasteiger partial charge in [-0.1, -0.05) is 24.3 Å². The third kappa shape index (κ3) is 4.85. The van der Waals surface area contributed by atoms with E-state index in [2.05, 4.69) is 22.1 Å². The molecule has 2 heterocycles. The molecule has 1 aliphatic heterocycles. The van der Waals surface area contributed by atoms with Crippen LogP contribution in [-0.4, -0.2) is 66.3 Å². The number of carbonyl (C=O) groups excluding carboxylic acids is 1. The zero-order chi connectivity index (χ0) is 22.5. The van der Waals surface area contributed by atoms with E-state index in [-0.39, 0.29) is 6.04 Å². The van der Waals surface area contributed by atoms with E-state index in [0.29, 0.717) is 37.3 Å². The topological polar surface area (TPSA) is 75.0 Å². The minimum atomic E-state index is -0.462. The van der Waals surface area contributed by atoms with E-state index in [0.717, 1.165) is 33.2 Å². The second-order valence-electron chi connectivity index (χ2n) is 7.93. The highest BCUT2D eigenvalue weighted by Crippen LogP contribution is 2.33. The molecule has 7 heteroatoms. The van der Waals surface area contributed by atoms with Gasteiger partial charge in [-0.05, 0) is 53.8 Å². The number of aliphatic hydroxyl groups excluding tert-OH is 1. The summed E-state index contributed by atoms with van der Waals surface area (Å²) in [6.45, 7) is 1.02. The lowest BCUT2D eigenvalue weighted by molar-refractivity contribution is -0.0364. The Hall–Kier alpha value is -2.74. The summed E-state index contributed by atoms with van der Waals surface area (Å²) in [7, 11) is 1.87. The fourth-order valence-corrected chi connectivity index (χ4v) is 4.50. The van der Waals surface area contributed by atoms with Gasteiger partial charge < -0.3 is 14.7 Å². The van der Waals surface area contributed by atoms with E-state index >= 15 is 0 Å². The molecule has 0 spiro atoms. The molecule has 2 atom stereocenters. The Kier molecular flexibility index (Phi) is 7.19. The maximum atomic E-state index is 12.0. The lowest BCUT2D eigenvalue weighted by Crippen LogP contribution is -2.47. The summed E-state index contributed by atoms with van der Waals surface area (Å²) in [5.41, 5.74) is 3.40. The molecule has 1 N–H and O–H groups in total. The van der Waals surface area contributed by atoms with Crippen molar-refractivity contribution in [3.05, 3.63) is 65.4 Å². The molecule has 6 nitrogen and oxygen atoms in total. The van der Waals surface area contributed by atoms with E-state index < -0.39 is 6.10 Å². The van der Waals surface area contributed by atoms with Crippen LogP contribution in [0.25, 0.3) is 10.8 Å². The lowest BCUT2D eigenvalue weighted by Gasteiger charge is -2.33. The van der Waals surface area contributed by atoms with Gasteiger partial charge in [-0.25, -0.2) is 9.98 Å². The summed E-state index contributed by atoms with van der Waals surface area (Å²) >= 11 is 1.61. The number of nitrogens with zero attached hydrogens (tertiary/aromatic N) is 3. The minimum Gasteiger partial charge on any atom is -0.391 e. The van der Waals surface area contributed by atoms with Crippen LogP contribution in [0.2, 0.25) is 0 Å². The molecule has 0 amide bonds. The fourth-order valence-electron chi connectivity index (χ4n) is 4.07. The van der Waals surface area contributed by atoms with Crippen LogP contribution in [0.5, 0.6) is 0 Å². The normalized spacial score (nSPS) is 18.8. The summed E-state index contributed by atoms with van der Waals surface area (Å²) in [6, 6.07) is 13.9. The first-order valence-electron chi connectivity index (χ1n) is 10.6. The number of hydrogen-bond donors (Lipinski definition) is 1. The first kappa shape index (κ1) is 22.5. The minimum absolute atomic E-state index is 0.157. The molecule has 0 aliphatic carbocycles. The standard InChI is InChI=1S/C25H27N3O3S/c1-28(22-15-31-10-8-23(22)30)16-27-25-19(14-29)13-18(20-5-3-4-6-21(20)25)11-17-7-9-26-24(12-17)32-2/h3-7,9,12-14,16,22-23,30H,8,10-11,15H2,1-2H3/t22-,23-/m0/s1. The van der Waals surface area contributed by atoms with Crippen molar-refractivity contribution in [2.75, 3.05) is 26.5 Å². The van der Waals surface area contributed by atoms with Crippen molar-refractivity contribution >= 4 is 40.8 Å². The van der Waals surface area contributed by atoms with Crippen LogP contribution in [-0.2, 0) is 11.2 Å². The fraction of sp³-hybridized carbons (Fsp3) is 0.320. The Labute approximate surface area is 192 Å². The molecule has 2 aromatic carbocycles. The van der Waals surface area contributed by atoms with E-state index in [1.165, 1.54) is 0 Å². The van der Waals surface area contributed by atoms with Gasteiger partial charge in [-0.15, -0.1) is 11.8 Å². The van der Waals surface area contributed by atoms with Gasteiger partial charge in [0.15, 0.2) is 6.29 Å². The van der Waals surface area contributed by atoms with Gasteiger partial charge in [0.1, 0.15) is 0 Å². The predicted molar refractivity (Wildman–Crippen MR) is 129 cm³/mol. The Bertz CT molecular complexity index is 1130. The van der Waals surface area contributed by atoms with E-state index in [1.54, 1.807) is 18.1 Å². The number of hydrogen-bond acceptors (Lipinski definition) is 6. The number of benzene rings is 2. The number of fused-ring (bicyclic) bond motifs is 1. The molecule has 4 rings (SSSR count). The number of carbonyl (C=O) groups is 1. The van der Waals surface area contributed by atoms with Crippen molar-refractivity contribution in [2.24, 2.45) is 4.99 Å². The average Bonchev–Trinajstić information content (AvgIpc) is 2.83. The van der Waals surface area contributed by atoms with Crippen LogP contribution >= 0.6 is 11.8 Å². The monoisotopic (exact) mass is 449 g/mol. The molecule has 0 bridgehead atoms. The molecular weight excluding hydrogens is 422 g/mol. The molecular formula is C25H27N3O3S. The van der Waals surface area contributed by atoms with Gasteiger partial charge in [0, 0.05) is 30.8 Å². The first-order valence-corrected chi connectivity index (χ1v) is 11.8. The maximum absolute atomic E-state index is 12.0. The smallest absolute Gasteiger partial charge is 0.152 e. The lowest BCUT2D eigenvalue weighted by atomic mass is 9.95. The van der Waals surface area contributed by atoms with Gasteiger partial charge in [-0.2, -0.15) is 0 Å². The van der Waals surface area contributed by atoms with Crippen LogP contribution in [0.4, 0.5) is 5.69 Å². The van der Waals surface area contributed by atoms with E-state index in [4.69, 9.17) is 4.74 Å². The van der Waals surface area contributed by atoms with Crippen LogP contribution in [0, 0.1) is 0 Å².